The molecule has 92 valence electrons. The van der Waals surface area contributed by atoms with E-state index in [2.05, 4.69) is 13.2 Å². The van der Waals surface area contributed by atoms with E-state index in [4.69, 9.17) is 4.74 Å². The van der Waals surface area contributed by atoms with E-state index >= 15 is 0 Å². The monoisotopic (exact) mass is 238 g/mol. The normalized spacial score (nSPS) is 8.72. The molecule has 0 spiro atoms. The molecule has 0 saturated heterocycles. The van der Waals surface area contributed by atoms with E-state index in [1.807, 2.05) is 60.7 Å². The summed E-state index contributed by atoms with van der Waals surface area (Å²) in [6.07, 6.45) is 3.61. The quantitative estimate of drug-likeness (QED) is 0.755. The first-order chi connectivity index (χ1) is 8.81. The van der Waals surface area contributed by atoms with Crippen molar-refractivity contribution in [2.24, 2.45) is 0 Å². The maximum absolute atomic E-state index is 5.06. The third-order valence-corrected chi connectivity index (χ3v) is 2.39. The summed E-state index contributed by atoms with van der Waals surface area (Å²) in [5, 5.41) is 0. The Kier molecular flexibility index (Phi) is 6.05. The van der Waals surface area contributed by atoms with Gasteiger partial charge < -0.3 is 4.74 Å². The van der Waals surface area contributed by atoms with Gasteiger partial charge in [0.2, 0.25) is 0 Å². The van der Waals surface area contributed by atoms with Crippen LogP contribution >= 0.6 is 0 Å². The fourth-order valence-corrected chi connectivity index (χ4v) is 1.42. The third kappa shape index (κ3) is 4.30. The minimum absolute atomic E-state index is 0.873. The van der Waals surface area contributed by atoms with Crippen LogP contribution in [-0.4, -0.2) is 7.11 Å². The van der Waals surface area contributed by atoms with E-state index in [1.54, 1.807) is 13.2 Å². The number of ether oxygens (including phenoxy) is 1. The first-order valence-corrected chi connectivity index (χ1v) is 5.74. The van der Waals surface area contributed by atoms with Crippen molar-refractivity contribution in [3.05, 3.63) is 78.9 Å². The fourth-order valence-electron chi connectivity index (χ4n) is 1.42. The molecule has 0 radical (unpaired) electrons. The molecule has 0 fully saturated rings. The summed E-state index contributed by atoms with van der Waals surface area (Å²) in [6.45, 7) is 7.29. The largest absolute Gasteiger partial charge is 0.496 e. The molecule has 18 heavy (non-hydrogen) atoms. The van der Waals surface area contributed by atoms with Crippen LogP contribution in [-0.2, 0) is 0 Å². The average Bonchev–Trinajstić information content (AvgIpc) is 2.48. The highest BCUT2D eigenvalue weighted by Crippen LogP contribution is 2.17. The molecule has 0 amide bonds. The first kappa shape index (κ1) is 13.8. The minimum Gasteiger partial charge on any atom is -0.496 e. The molecule has 2 rings (SSSR count). The SMILES string of the molecule is C=Cc1ccccc1.C=Cc1ccccc1OC. The molecule has 2 aromatic carbocycles. The Balaban J connectivity index is 0.000000184. The van der Waals surface area contributed by atoms with Gasteiger partial charge >= 0.3 is 0 Å². The Labute approximate surface area is 109 Å². The zero-order valence-electron chi connectivity index (χ0n) is 10.7. The van der Waals surface area contributed by atoms with Gasteiger partial charge in [-0.05, 0) is 11.6 Å². The molecule has 2 aromatic rings. The highest BCUT2D eigenvalue weighted by Gasteiger charge is 1.93. The van der Waals surface area contributed by atoms with E-state index in [9.17, 15) is 0 Å². The van der Waals surface area contributed by atoms with Gasteiger partial charge in [0.25, 0.3) is 0 Å². The Bertz CT molecular complexity index is 486. The maximum Gasteiger partial charge on any atom is 0.126 e. The lowest BCUT2D eigenvalue weighted by Crippen LogP contribution is -1.84. The number of rotatable bonds is 3. The second-order valence-electron chi connectivity index (χ2n) is 3.56. The average molecular weight is 238 g/mol. The highest BCUT2D eigenvalue weighted by molar-refractivity contribution is 5.55. The summed E-state index contributed by atoms with van der Waals surface area (Å²) in [5.41, 5.74) is 2.21. The second kappa shape index (κ2) is 7.91. The molecule has 0 aromatic heterocycles. The Morgan fingerprint density at radius 1 is 0.833 bits per heavy atom. The van der Waals surface area contributed by atoms with Gasteiger partial charge in [-0.3, -0.25) is 0 Å². The zero-order chi connectivity index (χ0) is 13.2. The van der Waals surface area contributed by atoms with Crippen LogP contribution in [0.15, 0.2) is 67.8 Å². The molecule has 0 aliphatic heterocycles. The summed E-state index contributed by atoms with van der Waals surface area (Å²) in [4.78, 5) is 0. The minimum atomic E-state index is 0.873. The van der Waals surface area contributed by atoms with Gasteiger partial charge in [0, 0.05) is 5.56 Å². The summed E-state index contributed by atoms with van der Waals surface area (Å²) < 4.78 is 5.06. The molecule has 0 heterocycles. The van der Waals surface area contributed by atoms with Crippen molar-refractivity contribution in [1.82, 2.24) is 0 Å². The van der Waals surface area contributed by atoms with Crippen LogP contribution in [0.3, 0.4) is 0 Å². The van der Waals surface area contributed by atoms with Gasteiger partial charge in [0.1, 0.15) is 5.75 Å². The van der Waals surface area contributed by atoms with Crippen molar-refractivity contribution in [3.63, 3.8) is 0 Å². The highest BCUT2D eigenvalue weighted by atomic mass is 16.5. The van der Waals surface area contributed by atoms with Gasteiger partial charge in [0.05, 0.1) is 7.11 Å². The second-order valence-corrected chi connectivity index (χ2v) is 3.56. The number of hydrogen-bond donors (Lipinski definition) is 0. The molecule has 1 nitrogen and oxygen atoms in total. The van der Waals surface area contributed by atoms with E-state index < -0.39 is 0 Å². The molecular weight excluding hydrogens is 220 g/mol. The van der Waals surface area contributed by atoms with Crippen LogP contribution in [0.1, 0.15) is 11.1 Å². The number of benzene rings is 2. The van der Waals surface area contributed by atoms with Crippen molar-refractivity contribution in [2.45, 2.75) is 0 Å². The molecule has 0 bridgehead atoms. The first-order valence-electron chi connectivity index (χ1n) is 5.74. The summed E-state index contributed by atoms with van der Waals surface area (Å²) in [5.74, 6) is 0.873. The topological polar surface area (TPSA) is 9.23 Å². The van der Waals surface area contributed by atoms with Crippen molar-refractivity contribution in [3.8, 4) is 5.75 Å². The van der Waals surface area contributed by atoms with Crippen LogP contribution in [0, 0.1) is 0 Å². The van der Waals surface area contributed by atoms with E-state index in [-0.39, 0.29) is 0 Å². The Hall–Kier alpha value is -2.28. The molecule has 0 aliphatic carbocycles. The van der Waals surface area contributed by atoms with Gasteiger partial charge in [-0.1, -0.05) is 73.8 Å². The van der Waals surface area contributed by atoms with E-state index in [0.717, 1.165) is 11.3 Å². The van der Waals surface area contributed by atoms with Gasteiger partial charge in [-0.15, -0.1) is 0 Å². The van der Waals surface area contributed by atoms with Crippen LogP contribution in [0.25, 0.3) is 12.2 Å². The van der Waals surface area contributed by atoms with Crippen LogP contribution in [0.5, 0.6) is 5.75 Å². The summed E-state index contributed by atoms with van der Waals surface area (Å²) in [6, 6.07) is 17.8. The van der Waals surface area contributed by atoms with Gasteiger partial charge in [-0.2, -0.15) is 0 Å². The third-order valence-electron chi connectivity index (χ3n) is 2.39. The smallest absolute Gasteiger partial charge is 0.126 e. The summed E-state index contributed by atoms with van der Waals surface area (Å²) >= 11 is 0. The molecule has 1 heteroatoms. The van der Waals surface area contributed by atoms with E-state index in [1.165, 1.54) is 5.56 Å². The molecule has 0 aliphatic rings. The van der Waals surface area contributed by atoms with Crippen LogP contribution in [0.4, 0.5) is 0 Å². The van der Waals surface area contributed by atoms with E-state index in [0.29, 0.717) is 0 Å². The van der Waals surface area contributed by atoms with Gasteiger partial charge in [0.15, 0.2) is 0 Å². The lowest BCUT2D eigenvalue weighted by atomic mass is 10.2. The predicted molar refractivity (Wildman–Crippen MR) is 79.6 cm³/mol. The summed E-state index contributed by atoms with van der Waals surface area (Å²) in [7, 11) is 1.66. The molecule has 0 atom stereocenters. The Morgan fingerprint density at radius 2 is 1.44 bits per heavy atom. The van der Waals surface area contributed by atoms with Crippen molar-refractivity contribution in [1.29, 1.82) is 0 Å². The molecular formula is C17H18O. The number of methoxy groups -OCH3 is 1. The Morgan fingerprint density at radius 3 is 1.89 bits per heavy atom. The van der Waals surface area contributed by atoms with Crippen LogP contribution < -0.4 is 4.74 Å². The van der Waals surface area contributed by atoms with Crippen molar-refractivity contribution in [2.75, 3.05) is 7.11 Å². The van der Waals surface area contributed by atoms with Gasteiger partial charge in [-0.25, -0.2) is 0 Å². The van der Waals surface area contributed by atoms with Crippen LogP contribution in [0.2, 0.25) is 0 Å². The lowest BCUT2D eigenvalue weighted by Gasteiger charge is -2.01. The molecule has 0 unspecified atom stereocenters. The number of para-hydroxylation sites is 1. The van der Waals surface area contributed by atoms with Crippen molar-refractivity contribution < 1.29 is 4.74 Å². The van der Waals surface area contributed by atoms with Crippen molar-refractivity contribution >= 4 is 12.2 Å². The lowest BCUT2D eigenvalue weighted by molar-refractivity contribution is 0.414. The fraction of sp³-hybridized carbons (Fsp3) is 0.0588. The molecule has 0 N–H and O–H groups in total. The number of hydrogen-bond acceptors (Lipinski definition) is 1. The molecule has 0 saturated carbocycles. The maximum atomic E-state index is 5.06. The standard InChI is InChI=1S/C9H10O.C8H8/c1-3-8-6-4-5-7-9(8)10-2;1-2-8-6-4-3-5-7-8/h3-7H,1H2,2H3;2-7H,1H2. The zero-order valence-corrected chi connectivity index (χ0v) is 10.7. The predicted octanol–water partition coefficient (Wildman–Crippen LogP) is 4.67.